The van der Waals surface area contributed by atoms with Crippen LogP contribution in [0.4, 0.5) is 0 Å². The van der Waals surface area contributed by atoms with E-state index in [-0.39, 0.29) is 0 Å². The fraction of sp³-hybridized carbons (Fsp3) is 1.00. The first-order valence-electron chi connectivity index (χ1n) is 6.67. The van der Waals surface area contributed by atoms with Gasteiger partial charge < -0.3 is 0 Å². The molecule has 0 N–H and O–H groups in total. The zero-order valence-electron chi connectivity index (χ0n) is 12.0. The maximum absolute atomic E-state index is 2.36. The summed E-state index contributed by atoms with van der Waals surface area (Å²) in [4.78, 5) is 0. The zero-order chi connectivity index (χ0) is 12.6. The second-order valence-electron chi connectivity index (χ2n) is 5.91. The molecule has 0 spiro atoms. The fourth-order valence-electron chi connectivity index (χ4n) is 1.18. The molecule has 0 radical (unpaired) electrons. The van der Waals surface area contributed by atoms with Gasteiger partial charge in [-0.15, -0.1) is 0 Å². The molecule has 0 aliphatic heterocycles. The largest absolute Gasteiger partial charge is 0.0936 e. The Morgan fingerprint density at radius 2 is 1.56 bits per heavy atom. The van der Waals surface area contributed by atoms with Crippen molar-refractivity contribution in [2.75, 3.05) is 5.75 Å². The Morgan fingerprint density at radius 1 is 0.938 bits per heavy atom. The van der Waals surface area contributed by atoms with Gasteiger partial charge in [-0.05, 0) is 32.1 Å². The normalized spacial score (nSPS) is 12.8. The summed E-state index contributed by atoms with van der Waals surface area (Å²) in [6, 6.07) is 0. The molecule has 0 bridgehead atoms. The fourth-order valence-corrected chi connectivity index (χ4v) is 4.17. The van der Waals surface area contributed by atoms with Gasteiger partial charge in [0.2, 0.25) is 0 Å². The van der Waals surface area contributed by atoms with Gasteiger partial charge in [0, 0.05) is 10.5 Å². The molecule has 0 amide bonds. The molecule has 0 fully saturated rings. The van der Waals surface area contributed by atoms with Gasteiger partial charge in [-0.2, -0.15) is 0 Å². The Balaban J connectivity index is 3.34. The van der Waals surface area contributed by atoms with Crippen LogP contribution in [0.3, 0.4) is 0 Å². The third-order valence-corrected chi connectivity index (χ3v) is 6.79. The van der Waals surface area contributed by atoms with Gasteiger partial charge in [0.1, 0.15) is 0 Å². The maximum atomic E-state index is 2.36. The first-order valence-corrected chi connectivity index (χ1v) is 8.98. The number of hydrogen-bond donors (Lipinski definition) is 0. The number of rotatable bonds is 9. The number of hydrogen-bond acceptors (Lipinski definition) is 2. The van der Waals surface area contributed by atoms with Crippen molar-refractivity contribution in [2.24, 2.45) is 11.8 Å². The van der Waals surface area contributed by atoms with Crippen LogP contribution in [0.1, 0.15) is 67.2 Å². The Labute approximate surface area is 111 Å². The molecule has 16 heavy (non-hydrogen) atoms. The second-order valence-corrected chi connectivity index (χ2v) is 8.98. The van der Waals surface area contributed by atoms with Crippen molar-refractivity contribution in [1.82, 2.24) is 0 Å². The van der Waals surface area contributed by atoms with Crippen molar-refractivity contribution in [3.8, 4) is 0 Å². The van der Waals surface area contributed by atoms with Crippen LogP contribution in [0.15, 0.2) is 0 Å². The lowest BCUT2D eigenvalue weighted by molar-refractivity contribution is 0.507. The summed E-state index contributed by atoms with van der Waals surface area (Å²) in [5.41, 5.74) is 0. The molecule has 0 unspecified atom stereocenters. The molecule has 2 heteroatoms. The van der Waals surface area contributed by atoms with E-state index < -0.39 is 0 Å². The van der Waals surface area contributed by atoms with Crippen LogP contribution in [0.2, 0.25) is 0 Å². The van der Waals surface area contributed by atoms with E-state index in [0.29, 0.717) is 4.75 Å². The number of unbranched alkanes of at least 4 members (excludes halogenated alkanes) is 2. The Hall–Kier alpha value is 0.700. The van der Waals surface area contributed by atoms with Gasteiger partial charge in [-0.3, -0.25) is 0 Å². The summed E-state index contributed by atoms with van der Waals surface area (Å²) in [6.45, 7) is 14.0. The van der Waals surface area contributed by atoms with E-state index in [4.69, 9.17) is 0 Å². The van der Waals surface area contributed by atoms with Gasteiger partial charge >= 0.3 is 0 Å². The van der Waals surface area contributed by atoms with E-state index in [1.54, 1.807) is 0 Å². The minimum absolute atomic E-state index is 0.419. The molecular weight excluding hydrogens is 232 g/mol. The summed E-state index contributed by atoms with van der Waals surface area (Å²) in [5, 5.41) is 0. The molecular formula is C14H30S2. The molecule has 0 saturated heterocycles. The maximum Gasteiger partial charge on any atom is 0.0230 e. The Morgan fingerprint density at radius 3 is 2.06 bits per heavy atom. The van der Waals surface area contributed by atoms with E-state index in [2.05, 4.69) is 63.1 Å². The standard InChI is InChI=1S/C14H30S2/c1-12(2)10-8-7-9-11-15-16-14(5,6)13(3)4/h12-13H,7-11H2,1-6H3. The summed E-state index contributed by atoms with van der Waals surface area (Å²) in [5.74, 6) is 2.95. The van der Waals surface area contributed by atoms with Crippen LogP contribution in [-0.2, 0) is 0 Å². The van der Waals surface area contributed by atoms with Crippen molar-refractivity contribution in [3.63, 3.8) is 0 Å². The molecule has 0 aliphatic carbocycles. The smallest absolute Gasteiger partial charge is 0.0230 e. The molecule has 0 rings (SSSR count). The minimum Gasteiger partial charge on any atom is -0.0936 e. The Kier molecular flexibility index (Phi) is 9.12. The van der Waals surface area contributed by atoms with Gasteiger partial charge in [-0.25, -0.2) is 0 Å². The molecule has 0 aromatic rings. The molecule has 0 nitrogen and oxygen atoms in total. The molecule has 0 saturated carbocycles. The van der Waals surface area contributed by atoms with Gasteiger partial charge in [0.15, 0.2) is 0 Å². The van der Waals surface area contributed by atoms with E-state index in [1.807, 2.05) is 0 Å². The van der Waals surface area contributed by atoms with Crippen LogP contribution in [0.5, 0.6) is 0 Å². The van der Waals surface area contributed by atoms with Gasteiger partial charge in [-0.1, -0.05) is 68.5 Å². The second kappa shape index (κ2) is 8.74. The van der Waals surface area contributed by atoms with Crippen molar-refractivity contribution in [2.45, 2.75) is 72.0 Å². The summed E-state index contributed by atoms with van der Waals surface area (Å²) >= 11 is 0. The lowest BCUT2D eigenvalue weighted by Crippen LogP contribution is -2.21. The molecule has 98 valence electrons. The summed E-state index contributed by atoms with van der Waals surface area (Å²) in [7, 11) is 4.13. The molecule has 0 aromatic carbocycles. The predicted molar refractivity (Wildman–Crippen MR) is 82.3 cm³/mol. The highest BCUT2D eigenvalue weighted by Crippen LogP contribution is 2.40. The SMILES string of the molecule is CC(C)CCCCCSSC(C)(C)C(C)C. The summed E-state index contributed by atoms with van der Waals surface area (Å²) in [6.07, 6.45) is 5.61. The predicted octanol–water partition coefficient (Wildman–Crippen LogP) is 6.02. The molecule has 0 heterocycles. The first kappa shape index (κ1) is 16.7. The minimum atomic E-state index is 0.419. The quantitative estimate of drug-likeness (QED) is 0.368. The van der Waals surface area contributed by atoms with Crippen LogP contribution in [0, 0.1) is 11.8 Å². The summed E-state index contributed by atoms with van der Waals surface area (Å²) < 4.78 is 0.419. The molecule has 0 atom stereocenters. The lowest BCUT2D eigenvalue weighted by Gasteiger charge is -2.27. The van der Waals surface area contributed by atoms with E-state index in [0.717, 1.165) is 11.8 Å². The zero-order valence-corrected chi connectivity index (χ0v) is 13.6. The topological polar surface area (TPSA) is 0 Å². The van der Waals surface area contributed by atoms with Crippen LogP contribution in [0.25, 0.3) is 0 Å². The monoisotopic (exact) mass is 262 g/mol. The van der Waals surface area contributed by atoms with Crippen molar-refractivity contribution >= 4 is 21.6 Å². The molecule has 0 aliphatic rings. The van der Waals surface area contributed by atoms with Crippen LogP contribution < -0.4 is 0 Å². The van der Waals surface area contributed by atoms with Gasteiger partial charge in [0.25, 0.3) is 0 Å². The molecule has 0 aromatic heterocycles. The van der Waals surface area contributed by atoms with Crippen molar-refractivity contribution in [1.29, 1.82) is 0 Å². The van der Waals surface area contributed by atoms with Crippen molar-refractivity contribution in [3.05, 3.63) is 0 Å². The van der Waals surface area contributed by atoms with E-state index >= 15 is 0 Å². The van der Waals surface area contributed by atoms with Crippen LogP contribution in [-0.4, -0.2) is 10.5 Å². The third kappa shape index (κ3) is 8.81. The highest BCUT2D eigenvalue weighted by Gasteiger charge is 2.22. The van der Waals surface area contributed by atoms with Crippen LogP contribution >= 0.6 is 21.6 Å². The van der Waals surface area contributed by atoms with Crippen molar-refractivity contribution < 1.29 is 0 Å². The average Bonchev–Trinajstić information content (AvgIpc) is 2.15. The first-order chi connectivity index (χ1) is 7.36. The van der Waals surface area contributed by atoms with Gasteiger partial charge in [0.05, 0.1) is 0 Å². The Bertz CT molecular complexity index is 162. The average molecular weight is 263 g/mol. The third-order valence-electron chi connectivity index (χ3n) is 3.17. The highest BCUT2D eigenvalue weighted by molar-refractivity contribution is 8.77. The highest BCUT2D eigenvalue weighted by atomic mass is 33.1. The van der Waals surface area contributed by atoms with E-state index in [9.17, 15) is 0 Å². The van der Waals surface area contributed by atoms with E-state index in [1.165, 1.54) is 31.4 Å². The lowest BCUT2D eigenvalue weighted by atomic mass is 10.00.